The maximum atomic E-state index is 8.80. The van der Waals surface area contributed by atoms with Crippen LogP contribution in [0.4, 0.5) is 0 Å². The summed E-state index contributed by atoms with van der Waals surface area (Å²) in [6, 6.07) is 141. The van der Waals surface area contributed by atoms with E-state index in [0.717, 1.165) is 126 Å². The van der Waals surface area contributed by atoms with Gasteiger partial charge >= 0.3 is 0 Å². The van der Waals surface area contributed by atoms with Crippen molar-refractivity contribution >= 4 is 152 Å². The van der Waals surface area contributed by atoms with Crippen molar-refractivity contribution in [1.82, 2.24) is 9.55 Å². The first-order chi connectivity index (χ1) is 64.1. The summed E-state index contributed by atoms with van der Waals surface area (Å²) in [4.78, 5) is 4.70. The highest BCUT2D eigenvalue weighted by molar-refractivity contribution is 6.28. The van der Waals surface area contributed by atoms with Crippen molar-refractivity contribution in [2.24, 2.45) is 0 Å². The Morgan fingerprint density at radius 2 is 0.600 bits per heavy atom. The highest BCUT2D eigenvalue weighted by Crippen LogP contribution is 2.52. The van der Waals surface area contributed by atoms with E-state index < -0.39 is 6.04 Å². The van der Waals surface area contributed by atoms with E-state index in [4.69, 9.17) is 25.1 Å². The Morgan fingerprint density at radius 1 is 0.232 bits per heavy atom. The van der Waals surface area contributed by atoms with Gasteiger partial charge in [-0.3, -0.25) is 4.98 Å². The number of benzene rings is 21. The number of pyridine rings is 1. The Balaban J connectivity index is 0.000000108. The highest BCUT2D eigenvalue weighted by Gasteiger charge is 2.27. The molecule has 0 radical (unpaired) electrons. The number of fused-ring (bicyclic) bond motifs is 18. The van der Waals surface area contributed by atoms with Gasteiger partial charge in [0.05, 0.1) is 29.3 Å². The summed E-state index contributed by atoms with van der Waals surface area (Å²) in [5.41, 5.74) is 26.8. The third-order valence-electron chi connectivity index (χ3n) is 25.1. The minimum absolute atomic E-state index is 0.207. The molecule has 0 aliphatic rings. The molecule has 21 aromatic carbocycles. The lowest BCUT2D eigenvalue weighted by molar-refractivity contribution is 0.668. The first-order valence-electron chi connectivity index (χ1n) is 44.9. The van der Waals surface area contributed by atoms with Crippen LogP contribution in [-0.4, -0.2) is 9.55 Å². The molecule has 125 heavy (non-hydrogen) atoms. The van der Waals surface area contributed by atoms with Gasteiger partial charge in [0.1, 0.15) is 33.5 Å². The van der Waals surface area contributed by atoms with Crippen LogP contribution in [0.25, 0.3) is 247 Å². The van der Waals surface area contributed by atoms with Crippen molar-refractivity contribution in [2.75, 3.05) is 0 Å². The number of furan rings is 3. The summed E-state index contributed by atoms with van der Waals surface area (Å²) < 4.78 is 64.3. The average Bonchev–Trinajstić information content (AvgIpc) is 1.43. The molecule has 0 saturated carbocycles. The minimum Gasteiger partial charge on any atom is -0.456 e. The number of rotatable bonds is 9. The lowest BCUT2D eigenvalue weighted by atomic mass is 9.85. The monoisotopic (exact) mass is 1600 g/mol. The SMILES string of the molecule is Cc1cccc(-c2c3ccccc3c(-c3ccc4oc5cccc(-c6ccccc6)c5c4c3)c3ccccc23)c1.[2H]c1c([2H])c([2H])c(-c2c3ccccc3c(-c3ccc4oc5cccc(-c6ccccc6)c5c4c3)c3ccccc23)c([2H])c1[2H].c1ccc(-c2ccc(-c3c4ccccc4c(-n4c5ccccc5c5ccccc54)c4ccccc34)c3c2oc2ccccc23)nc1. The molecular formula is C120H76N2O3. The van der Waals surface area contributed by atoms with E-state index in [1.54, 1.807) is 0 Å². The van der Waals surface area contributed by atoms with E-state index in [9.17, 15) is 0 Å². The molecule has 5 heterocycles. The molecule has 0 aliphatic heterocycles. The van der Waals surface area contributed by atoms with Gasteiger partial charge in [-0.05, 0) is 211 Å². The van der Waals surface area contributed by atoms with Gasteiger partial charge in [-0.2, -0.15) is 0 Å². The van der Waals surface area contributed by atoms with Gasteiger partial charge in [0, 0.05) is 65.6 Å². The largest absolute Gasteiger partial charge is 0.456 e. The van der Waals surface area contributed by atoms with Crippen molar-refractivity contribution < 1.29 is 20.1 Å². The number of aryl methyl sites for hydroxylation is 1. The van der Waals surface area contributed by atoms with Crippen molar-refractivity contribution in [3.8, 4) is 94.8 Å². The molecule has 0 spiro atoms. The summed E-state index contributed by atoms with van der Waals surface area (Å²) in [6.07, 6.45) is 1.84. The fourth-order valence-electron chi connectivity index (χ4n) is 19.9. The van der Waals surface area contributed by atoms with Crippen LogP contribution in [0.1, 0.15) is 12.4 Å². The van der Waals surface area contributed by atoms with E-state index in [1.165, 1.54) is 115 Å². The summed E-state index contributed by atoms with van der Waals surface area (Å²) in [6.45, 7) is 2.16. The van der Waals surface area contributed by atoms with Gasteiger partial charge in [-0.1, -0.05) is 369 Å². The zero-order valence-electron chi connectivity index (χ0n) is 72.9. The Morgan fingerprint density at radius 3 is 1.06 bits per heavy atom. The van der Waals surface area contributed by atoms with Crippen LogP contribution >= 0.6 is 0 Å². The fraction of sp³-hybridized carbons (Fsp3) is 0.00833. The maximum absolute atomic E-state index is 8.80. The molecule has 0 N–H and O–H groups in total. The quantitative estimate of drug-likeness (QED) is 0.135. The van der Waals surface area contributed by atoms with Gasteiger partial charge in [0.2, 0.25) is 0 Å². The van der Waals surface area contributed by atoms with Crippen molar-refractivity contribution in [3.05, 3.63) is 448 Å². The van der Waals surface area contributed by atoms with Crippen LogP contribution in [0, 0.1) is 6.92 Å². The van der Waals surface area contributed by atoms with E-state index in [-0.39, 0.29) is 29.7 Å². The van der Waals surface area contributed by atoms with E-state index in [0.29, 0.717) is 5.56 Å². The van der Waals surface area contributed by atoms with Crippen LogP contribution in [0.2, 0.25) is 0 Å². The molecule has 0 bridgehead atoms. The molecule has 0 unspecified atom stereocenters. The van der Waals surface area contributed by atoms with Gasteiger partial charge in [0.15, 0.2) is 0 Å². The third-order valence-corrected chi connectivity index (χ3v) is 25.1. The fourth-order valence-corrected chi connectivity index (χ4v) is 19.9. The second kappa shape index (κ2) is 30.0. The molecule has 5 aromatic heterocycles. The smallest absolute Gasteiger partial charge is 0.145 e. The maximum Gasteiger partial charge on any atom is 0.145 e. The van der Waals surface area contributed by atoms with Crippen LogP contribution < -0.4 is 0 Å². The highest BCUT2D eigenvalue weighted by atomic mass is 16.3. The summed E-state index contributed by atoms with van der Waals surface area (Å²) in [5.74, 6) is 0. The first-order valence-corrected chi connectivity index (χ1v) is 42.4. The molecule has 0 atom stereocenters. The Kier molecular flexibility index (Phi) is 16.2. The molecule has 0 aliphatic carbocycles. The second-order valence-electron chi connectivity index (χ2n) is 32.1. The Hall–Kier alpha value is -16.5. The first kappa shape index (κ1) is 67.3. The second-order valence-corrected chi connectivity index (χ2v) is 32.1. The van der Waals surface area contributed by atoms with Crippen LogP contribution in [0.5, 0.6) is 0 Å². The van der Waals surface area contributed by atoms with E-state index in [1.807, 2.05) is 115 Å². The predicted molar refractivity (Wildman–Crippen MR) is 527 cm³/mol. The van der Waals surface area contributed by atoms with Crippen LogP contribution in [-0.2, 0) is 0 Å². The number of nitrogens with zero attached hydrogens (tertiary/aromatic N) is 2. The minimum atomic E-state index is -0.399. The number of hydrogen-bond acceptors (Lipinski definition) is 4. The summed E-state index contributed by atoms with van der Waals surface area (Å²) >= 11 is 0. The molecule has 0 saturated heterocycles. The molecule has 26 rings (SSSR count). The number of aromatic nitrogens is 2. The Labute approximate surface area is 727 Å². The molecular weight excluding hydrogens is 1520 g/mol. The van der Waals surface area contributed by atoms with E-state index in [2.05, 4.69) is 309 Å². The standard InChI is InChI=1S/C43H26N2O.C39H26O.C38H24O/c1-3-17-31-29(15-1)40(35-25-24-33(36-20-11-12-26-44-36)43-41(35)34-19-7-10-23-39(34)46-43)30-16-2-4-18-32(30)42(31)45-37-21-8-5-13-27(37)28-14-6-9-22-38(28)45;1-25-11-9-14-27(23-25)37-30-15-5-7-17-32(30)38(33-18-8-6-16-31(33)37)28-21-22-35-34(24-28)39-29(19-10-20-36(39)40-35)26-12-3-2-4-13-26;1-3-12-25(13-4-1)28-20-11-21-35-38(28)33-24-27(22-23-34(33)39-35)37-31-18-9-7-16-29(31)36(26-14-5-2-6-15-26)30-17-8-10-19-32(30)37/h1-26H;2-24H,1H3;1-24H/i;;2D,5D,6D,14D,15D. The van der Waals surface area contributed by atoms with Gasteiger partial charge in [0.25, 0.3) is 0 Å². The van der Waals surface area contributed by atoms with Crippen molar-refractivity contribution in [3.63, 3.8) is 0 Å². The normalized spacial score (nSPS) is 12.3. The number of hydrogen-bond donors (Lipinski definition) is 0. The molecule has 5 nitrogen and oxygen atoms in total. The van der Waals surface area contributed by atoms with Crippen molar-refractivity contribution in [2.45, 2.75) is 6.92 Å². The van der Waals surface area contributed by atoms with Gasteiger partial charge in [-0.25, -0.2) is 0 Å². The summed E-state index contributed by atoms with van der Waals surface area (Å²) in [5, 5.41) is 22.5. The molecule has 0 fully saturated rings. The summed E-state index contributed by atoms with van der Waals surface area (Å²) in [7, 11) is 0. The van der Waals surface area contributed by atoms with Crippen LogP contribution in [0.3, 0.4) is 0 Å². The third kappa shape index (κ3) is 12.0. The molecule has 584 valence electrons. The zero-order valence-corrected chi connectivity index (χ0v) is 67.9. The van der Waals surface area contributed by atoms with Crippen molar-refractivity contribution in [1.29, 1.82) is 0 Å². The molecule has 0 amide bonds. The number of para-hydroxylation sites is 3. The lowest BCUT2D eigenvalue weighted by Crippen LogP contribution is -1.99. The Bertz CT molecular complexity index is 8890. The predicted octanol–water partition coefficient (Wildman–Crippen LogP) is 33.8. The zero-order chi connectivity index (χ0) is 86.9. The van der Waals surface area contributed by atoms with Gasteiger partial charge in [-0.15, -0.1) is 0 Å². The van der Waals surface area contributed by atoms with E-state index >= 15 is 0 Å². The molecule has 5 heteroatoms. The average molecular weight is 1600 g/mol. The van der Waals surface area contributed by atoms with Gasteiger partial charge < -0.3 is 17.8 Å². The topological polar surface area (TPSA) is 57.2 Å². The lowest BCUT2D eigenvalue weighted by Gasteiger charge is -2.20. The van der Waals surface area contributed by atoms with Crippen LogP contribution in [0.15, 0.2) is 456 Å². The molecule has 26 aromatic rings.